The highest BCUT2D eigenvalue weighted by Crippen LogP contribution is 2.28. The number of hydrogen-bond donors (Lipinski definition) is 3. The van der Waals surface area contributed by atoms with Crippen molar-refractivity contribution in [2.75, 3.05) is 11.1 Å². The molecule has 0 aliphatic rings. The Bertz CT molecular complexity index is 666. The molecule has 0 aromatic heterocycles. The molecule has 0 spiro atoms. The highest BCUT2D eigenvalue weighted by Gasteiger charge is 2.13. The number of carboxylic acids is 1. The molecule has 4 N–H and O–H groups in total. The van der Waals surface area contributed by atoms with Crippen LogP contribution in [0.2, 0.25) is 0 Å². The van der Waals surface area contributed by atoms with Gasteiger partial charge in [0.15, 0.2) is 11.6 Å². The Morgan fingerprint density at radius 3 is 2.20 bits per heavy atom. The zero-order chi connectivity index (χ0) is 14.9. The molecular weight excluding hydrogens is 273 g/mol. The summed E-state index contributed by atoms with van der Waals surface area (Å²) < 4.78 is 39.7. The minimum atomic E-state index is -1.18. The van der Waals surface area contributed by atoms with Crippen LogP contribution in [0.3, 0.4) is 0 Å². The molecule has 0 atom stereocenters. The van der Waals surface area contributed by atoms with Crippen molar-refractivity contribution >= 4 is 23.0 Å². The second-order valence-corrected chi connectivity index (χ2v) is 3.98. The van der Waals surface area contributed by atoms with E-state index in [0.717, 1.165) is 6.07 Å². The van der Waals surface area contributed by atoms with Crippen molar-refractivity contribution in [3.8, 4) is 0 Å². The van der Waals surface area contributed by atoms with E-state index in [0.29, 0.717) is 12.1 Å². The fraction of sp³-hybridized carbons (Fsp3) is 0. The van der Waals surface area contributed by atoms with E-state index in [1.54, 1.807) is 0 Å². The average molecular weight is 282 g/mol. The number of hydrogen-bond acceptors (Lipinski definition) is 3. The molecule has 0 radical (unpaired) electrons. The molecule has 2 aromatic rings. The Hall–Kier alpha value is -2.70. The third-order valence-corrected chi connectivity index (χ3v) is 2.57. The van der Waals surface area contributed by atoms with E-state index in [-0.39, 0.29) is 16.9 Å². The first kappa shape index (κ1) is 13.7. The van der Waals surface area contributed by atoms with Gasteiger partial charge in [0.1, 0.15) is 11.5 Å². The van der Waals surface area contributed by atoms with Gasteiger partial charge in [0.25, 0.3) is 0 Å². The summed E-state index contributed by atoms with van der Waals surface area (Å²) in [6.07, 6.45) is 0. The molecule has 0 unspecified atom stereocenters. The predicted octanol–water partition coefficient (Wildman–Crippen LogP) is 3.13. The number of rotatable bonds is 3. The van der Waals surface area contributed by atoms with Gasteiger partial charge >= 0.3 is 5.97 Å². The Balaban J connectivity index is 2.38. The molecule has 0 saturated heterocycles. The maximum atomic E-state index is 13.5. The van der Waals surface area contributed by atoms with Gasteiger partial charge in [-0.3, -0.25) is 0 Å². The van der Waals surface area contributed by atoms with Crippen LogP contribution in [0.15, 0.2) is 30.3 Å². The van der Waals surface area contributed by atoms with E-state index >= 15 is 0 Å². The van der Waals surface area contributed by atoms with Gasteiger partial charge in [0, 0.05) is 12.1 Å². The second-order valence-electron chi connectivity index (χ2n) is 3.98. The molecule has 2 aromatic carbocycles. The zero-order valence-corrected chi connectivity index (χ0v) is 9.95. The number of benzene rings is 2. The zero-order valence-electron chi connectivity index (χ0n) is 9.95. The van der Waals surface area contributed by atoms with Gasteiger partial charge in [-0.25, -0.2) is 18.0 Å². The molecular formula is C13H9F3N2O2. The van der Waals surface area contributed by atoms with E-state index in [1.165, 1.54) is 12.1 Å². The number of aromatic carboxylic acids is 1. The number of halogens is 3. The maximum Gasteiger partial charge on any atom is 0.335 e. The molecule has 2 rings (SSSR count). The number of nitrogen functional groups attached to an aromatic ring is 1. The van der Waals surface area contributed by atoms with Crippen LogP contribution < -0.4 is 11.1 Å². The topological polar surface area (TPSA) is 75.4 Å². The second kappa shape index (κ2) is 5.12. The van der Waals surface area contributed by atoms with E-state index < -0.39 is 29.1 Å². The lowest BCUT2D eigenvalue weighted by Crippen LogP contribution is -2.04. The fourth-order valence-corrected chi connectivity index (χ4v) is 1.61. The molecule has 4 nitrogen and oxygen atoms in total. The molecule has 0 aliphatic carbocycles. The lowest BCUT2D eigenvalue weighted by atomic mass is 10.1. The summed E-state index contributed by atoms with van der Waals surface area (Å²) >= 11 is 0. The van der Waals surface area contributed by atoms with Crippen LogP contribution in [0.25, 0.3) is 0 Å². The Labute approximate surface area is 111 Å². The summed E-state index contributed by atoms with van der Waals surface area (Å²) in [4.78, 5) is 10.7. The van der Waals surface area contributed by atoms with Crippen molar-refractivity contribution in [2.45, 2.75) is 0 Å². The standard InChI is InChI=1S/C13H9F3N2O2/c14-7-4-8(15)12(9(16)5-7)18-11-2-1-6(13(19)20)3-10(11)17/h1-5,18H,17H2,(H,19,20). The third kappa shape index (κ3) is 2.66. The highest BCUT2D eigenvalue weighted by molar-refractivity contribution is 5.90. The van der Waals surface area contributed by atoms with Crippen LogP contribution in [0, 0.1) is 17.5 Å². The van der Waals surface area contributed by atoms with Gasteiger partial charge in [0.2, 0.25) is 0 Å². The third-order valence-electron chi connectivity index (χ3n) is 2.57. The normalized spacial score (nSPS) is 10.3. The quantitative estimate of drug-likeness (QED) is 0.756. The molecule has 0 saturated carbocycles. The van der Waals surface area contributed by atoms with Crippen molar-refractivity contribution in [2.24, 2.45) is 0 Å². The number of carbonyl (C=O) groups is 1. The van der Waals surface area contributed by atoms with Crippen LogP contribution in [-0.2, 0) is 0 Å². The summed E-state index contributed by atoms with van der Waals surface area (Å²) in [6, 6.07) is 4.67. The van der Waals surface area contributed by atoms with Gasteiger partial charge in [-0.1, -0.05) is 0 Å². The van der Waals surface area contributed by atoms with Gasteiger partial charge in [-0.05, 0) is 18.2 Å². The first-order chi connectivity index (χ1) is 9.38. The monoisotopic (exact) mass is 282 g/mol. The SMILES string of the molecule is Nc1cc(C(=O)O)ccc1Nc1c(F)cc(F)cc1F. The van der Waals surface area contributed by atoms with Crippen molar-refractivity contribution in [3.63, 3.8) is 0 Å². The minimum absolute atomic E-state index is 0.00646. The molecule has 20 heavy (non-hydrogen) atoms. The lowest BCUT2D eigenvalue weighted by molar-refractivity contribution is 0.0697. The van der Waals surface area contributed by atoms with Crippen LogP contribution in [0.4, 0.5) is 30.2 Å². The van der Waals surface area contributed by atoms with Gasteiger partial charge in [-0.15, -0.1) is 0 Å². The lowest BCUT2D eigenvalue weighted by Gasteiger charge is -2.11. The molecule has 0 amide bonds. The Morgan fingerprint density at radius 2 is 1.70 bits per heavy atom. The number of nitrogens with one attached hydrogen (secondary N) is 1. The van der Waals surface area contributed by atoms with Crippen molar-refractivity contribution in [1.29, 1.82) is 0 Å². The summed E-state index contributed by atoms with van der Waals surface area (Å²) in [5.74, 6) is -4.46. The van der Waals surface area contributed by atoms with Crippen LogP contribution >= 0.6 is 0 Å². The number of nitrogens with two attached hydrogens (primary N) is 1. The smallest absolute Gasteiger partial charge is 0.335 e. The Morgan fingerprint density at radius 1 is 1.10 bits per heavy atom. The predicted molar refractivity (Wildman–Crippen MR) is 67.4 cm³/mol. The van der Waals surface area contributed by atoms with Crippen LogP contribution in [0.5, 0.6) is 0 Å². The molecule has 0 heterocycles. The Kier molecular flexibility index (Phi) is 3.51. The van der Waals surface area contributed by atoms with Crippen LogP contribution in [-0.4, -0.2) is 11.1 Å². The molecule has 7 heteroatoms. The highest BCUT2D eigenvalue weighted by atomic mass is 19.1. The van der Waals surface area contributed by atoms with Gasteiger partial charge in [-0.2, -0.15) is 0 Å². The summed E-state index contributed by atoms with van der Waals surface area (Å²) in [6.45, 7) is 0. The average Bonchev–Trinajstić information content (AvgIpc) is 2.34. The van der Waals surface area contributed by atoms with Gasteiger partial charge < -0.3 is 16.2 Å². The first-order valence-electron chi connectivity index (χ1n) is 5.43. The molecule has 104 valence electrons. The van der Waals surface area contributed by atoms with Crippen LogP contribution in [0.1, 0.15) is 10.4 Å². The van der Waals surface area contributed by atoms with E-state index in [2.05, 4.69) is 5.32 Å². The van der Waals surface area contributed by atoms with Crippen molar-refractivity contribution in [1.82, 2.24) is 0 Å². The van der Waals surface area contributed by atoms with Crippen molar-refractivity contribution < 1.29 is 23.1 Å². The number of anilines is 3. The van der Waals surface area contributed by atoms with E-state index in [4.69, 9.17) is 10.8 Å². The fourth-order valence-electron chi connectivity index (χ4n) is 1.61. The van der Waals surface area contributed by atoms with Gasteiger partial charge in [0.05, 0.1) is 16.9 Å². The molecule has 0 fully saturated rings. The summed E-state index contributed by atoms with van der Waals surface area (Å²) in [5.41, 5.74) is 5.07. The summed E-state index contributed by atoms with van der Waals surface area (Å²) in [5, 5.41) is 11.1. The molecule has 0 aliphatic heterocycles. The number of carboxylic acid groups (broad SMARTS) is 1. The minimum Gasteiger partial charge on any atom is -0.478 e. The summed E-state index contributed by atoms with van der Waals surface area (Å²) in [7, 11) is 0. The molecule has 0 bridgehead atoms. The largest absolute Gasteiger partial charge is 0.478 e. The van der Waals surface area contributed by atoms with Crippen molar-refractivity contribution in [3.05, 3.63) is 53.3 Å². The van der Waals surface area contributed by atoms with E-state index in [1.807, 2.05) is 0 Å². The van der Waals surface area contributed by atoms with E-state index in [9.17, 15) is 18.0 Å². The maximum absolute atomic E-state index is 13.5. The first-order valence-corrected chi connectivity index (χ1v) is 5.43.